The van der Waals surface area contributed by atoms with Crippen LogP contribution in [0.3, 0.4) is 0 Å². The van der Waals surface area contributed by atoms with Crippen LogP contribution in [-0.2, 0) is 24.5 Å². The second kappa shape index (κ2) is 9.16. The highest BCUT2D eigenvalue weighted by molar-refractivity contribution is 6.31. The number of carbonyl (C=O) groups excluding carboxylic acids is 3. The maximum Gasteiger partial charge on any atom is 0.339 e. The summed E-state index contributed by atoms with van der Waals surface area (Å²) in [5.74, 6) is -1.09. The molecule has 1 aliphatic carbocycles. The van der Waals surface area contributed by atoms with Gasteiger partial charge < -0.3 is 20.5 Å². The molecule has 0 radical (unpaired) electrons. The molecule has 2 aromatic carbocycles. The number of fused-ring (bicyclic) bond motifs is 3. The molecule has 1 spiro atoms. The van der Waals surface area contributed by atoms with Crippen LogP contribution in [0, 0.1) is 19.3 Å². The highest BCUT2D eigenvalue weighted by Gasteiger charge is 2.63. The number of nitrogens with two attached hydrogens (primary N) is 1. The zero-order chi connectivity index (χ0) is 28.4. The lowest BCUT2D eigenvalue weighted by Gasteiger charge is -2.47. The van der Waals surface area contributed by atoms with Gasteiger partial charge in [0.1, 0.15) is 22.6 Å². The Morgan fingerprint density at radius 1 is 1.15 bits per heavy atom. The molecule has 5 rings (SSSR count). The number of hydrogen-bond donors (Lipinski definition) is 2. The second-order valence-corrected chi connectivity index (χ2v) is 11.5. The van der Waals surface area contributed by atoms with E-state index in [1.165, 1.54) is 7.11 Å². The summed E-state index contributed by atoms with van der Waals surface area (Å²) < 4.78 is 11.2. The summed E-state index contributed by atoms with van der Waals surface area (Å²) in [5.41, 5.74) is 8.61. The number of aryl methyl sites for hydroxylation is 2. The fraction of sp³-hybridized carbons (Fsp3) is 0.367. The summed E-state index contributed by atoms with van der Waals surface area (Å²) in [6, 6.07) is 8.96. The number of rotatable bonds is 4. The van der Waals surface area contributed by atoms with Crippen molar-refractivity contribution in [2.45, 2.75) is 52.9 Å². The van der Waals surface area contributed by atoms with Crippen molar-refractivity contribution >= 4 is 40.6 Å². The molecule has 3 N–H and O–H groups in total. The number of anilines is 2. The van der Waals surface area contributed by atoms with Gasteiger partial charge in [-0.2, -0.15) is 0 Å². The minimum Gasteiger partial charge on any atom is -0.495 e. The molecule has 8 nitrogen and oxygen atoms in total. The van der Waals surface area contributed by atoms with Crippen LogP contribution in [0.25, 0.3) is 0 Å². The molecule has 2 heterocycles. The third kappa shape index (κ3) is 3.84. The van der Waals surface area contributed by atoms with Crippen molar-refractivity contribution in [1.29, 1.82) is 0 Å². The normalized spacial score (nSPS) is 21.7. The number of nitrogens with one attached hydrogen (secondary N) is 1. The molecule has 1 unspecified atom stereocenters. The average Bonchev–Trinajstić information content (AvgIpc) is 3.11. The van der Waals surface area contributed by atoms with Crippen LogP contribution in [0.5, 0.6) is 5.75 Å². The lowest BCUT2D eigenvalue weighted by Crippen LogP contribution is -2.54. The Kier molecular flexibility index (Phi) is 6.30. The molecule has 1 atom stereocenters. The maximum absolute atomic E-state index is 14.2. The maximum atomic E-state index is 14.2. The van der Waals surface area contributed by atoms with Crippen molar-refractivity contribution < 1.29 is 23.9 Å². The van der Waals surface area contributed by atoms with Gasteiger partial charge in [-0.05, 0) is 50.3 Å². The second-order valence-electron chi connectivity index (χ2n) is 11.1. The molecule has 0 aromatic heterocycles. The SMILES string of the molecule is CCOC(=O)C1=C(N)N(c2cc(C)c(Cl)cc2OC)C2=C(C(=O)CC(C)(C)C2)C12C(=O)Nc1ccc(C)cc12. The molecule has 0 bridgehead atoms. The zero-order valence-corrected chi connectivity index (χ0v) is 23.7. The van der Waals surface area contributed by atoms with E-state index in [0.717, 1.165) is 11.1 Å². The Hall–Kier alpha value is -3.78. The minimum atomic E-state index is -1.76. The predicted molar refractivity (Wildman–Crippen MR) is 150 cm³/mol. The summed E-state index contributed by atoms with van der Waals surface area (Å²) in [7, 11) is 1.51. The Bertz CT molecular complexity index is 1520. The first-order valence-corrected chi connectivity index (χ1v) is 13.3. The Morgan fingerprint density at radius 2 is 1.87 bits per heavy atom. The van der Waals surface area contributed by atoms with E-state index in [2.05, 4.69) is 5.32 Å². The minimum absolute atomic E-state index is 0.00206. The van der Waals surface area contributed by atoms with Gasteiger partial charge in [0.05, 0.1) is 19.4 Å². The van der Waals surface area contributed by atoms with E-state index in [0.29, 0.717) is 39.8 Å². The highest BCUT2D eigenvalue weighted by atomic mass is 35.5. The molecule has 204 valence electrons. The first kappa shape index (κ1) is 26.8. The number of methoxy groups -OCH3 is 1. The quantitative estimate of drug-likeness (QED) is 0.513. The van der Waals surface area contributed by atoms with Crippen LogP contribution in [0.15, 0.2) is 53.0 Å². The average molecular weight is 550 g/mol. The standard InChI is InChI=1S/C30H32ClN3O5/c1-7-39-27(36)25-26(32)34(20-11-16(3)18(31)12-23(20)38-6)21-13-29(4,5)14-22(35)24(21)30(25)17-10-15(2)8-9-19(17)33-28(30)37/h8-12H,7,13-14,32H2,1-6H3,(H,33,37). The van der Waals surface area contributed by atoms with Crippen LogP contribution in [0.1, 0.15) is 50.3 Å². The van der Waals surface area contributed by atoms with Crippen molar-refractivity contribution in [2.24, 2.45) is 11.1 Å². The number of Topliss-reactive ketones (excluding diaryl/α,β-unsaturated/α-hetero) is 1. The number of ketones is 1. The van der Waals surface area contributed by atoms with Gasteiger partial charge in [0.15, 0.2) is 5.78 Å². The van der Waals surface area contributed by atoms with Crippen LogP contribution < -0.4 is 20.7 Å². The van der Waals surface area contributed by atoms with Crippen molar-refractivity contribution in [2.75, 3.05) is 23.9 Å². The van der Waals surface area contributed by atoms with E-state index < -0.39 is 22.7 Å². The van der Waals surface area contributed by atoms with Gasteiger partial charge in [0, 0.05) is 40.0 Å². The van der Waals surface area contributed by atoms with Gasteiger partial charge in [-0.25, -0.2) is 4.79 Å². The monoisotopic (exact) mass is 549 g/mol. The Labute approximate surface area is 232 Å². The number of halogens is 1. The molecule has 39 heavy (non-hydrogen) atoms. The Morgan fingerprint density at radius 3 is 2.54 bits per heavy atom. The van der Waals surface area contributed by atoms with Crippen molar-refractivity contribution in [3.63, 3.8) is 0 Å². The van der Waals surface area contributed by atoms with Crippen LogP contribution in [0.2, 0.25) is 5.02 Å². The van der Waals surface area contributed by atoms with Crippen molar-refractivity contribution in [3.05, 3.63) is 74.7 Å². The lowest BCUT2D eigenvalue weighted by atomic mass is 9.60. The third-order valence-corrected chi connectivity index (χ3v) is 8.13. The molecule has 0 fully saturated rings. The van der Waals surface area contributed by atoms with E-state index in [4.69, 9.17) is 26.8 Å². The topological polar surface area (TPSA) is 111 Å². The van der Waals surface area contributed by atoms with E-state index in [-0.39, 0.29) is 35.8 Å². The summed E-state index contributed by atoms with van der Waals surface area (Å²) in [4.78, 5) is 43.8. The van der Waals surface area contributed by atoms with Gasteiger partial charge in [0.2, 0.25) is 5.91 Å². The number of benzene rings is 2. The smallest absolute Gasteiger partial charge is 0.339 e. The van der Waals surface area contributed by atoms with E-state index in [9.17, 15) is 14.4 Å². The Balaban J connectivity index is 1.96. The van der Waals surface area contributed by atoms with Crippen LogP contribution in [-0.4, -0.2) is 31.4 Å². The van der Waals surface area contributed by atoms with Crippen molar-refractivity contribution in [1.82, 2.24) is 0 Å². The summed E-state index contributed by atoms with van der Waals surface area (Å²) >= 11 is 6.42. The molecule has 0 saturated carbocycles. The summed E-state index contributed by atoms with van der Waals surface area (Å²) in [5, 5.41) is 3.41. The largest absolute Gasteiger partial charge is 0.495 e. The number of hydrogen-bond acceptors (Lipinski definition) is 7. The van der Waals surface area contributed by atoms with Crippen LogP contribution >= 0.6 is 11.6 Å². The highest BCUT2D eigenvalue weighted by Crippen LogP contribution is 2.58. The zero-order valence-electron chi connectivity index (χ0n) is 23.0. The van der Waals surface area contributed by atoms with Crippen molar-refractivity contribution in [3.8, 4) is 5.75 Å². The van der Waals surface area contributed by atoms with E-state index in [1.807, 2.05) is 39.8 Å². The fourth-order valence-corrected chi connectivity index (χ4v) is 6.27. The number of ether oxygens (including phenoxy) is 2. The molecule has 9 heteroatoms. The molecule has 0 saturated heterocycles. The number of nitrogens with zero attached hydrogens (tertiary/aromatic N) is 1. The van der Waals surface area contributed by atoms with Gasteiger partial charge >= 0.3 is 5.97 Å². The summed E-state index contributed by atoms with van der Waals surface area (Å²) in [6.45, 7) is 9.47. The fourth-order valence-electron chi connectivity index (χ4n) is 6.11. The predicted octanol–water partition coefficient (Wildman–Crippen LogP) is 5.05. The number of carbonyl (C=O) groups is 3. The molecule has 3 aliphatic rings. The molecule has 2 aromatic rings. The van der Waals surface area contributed by atoms with Crippen LogP contribution in [0.4, 0.5) is 11.4 Å². The number of esters is 1. The van der Waals surface area contributed by atoms with Gasteiger partial charge in [0.25, 0.3) is 0 Å². The molecule has 1 amide bonds. The molecular weight excluding hydrogens is 518 g/mol. The third-order valence-electron chi connectivity index (χ3n) is 7.72. The van der Waals surface area contributed by atoms with Gasteiger partial charge in [-0.1, -0.05) is 43.1 Å². The van der Waals surface area contributed by atoms with E-state index in [1.54, 1.807) is 30.0 Å². The first-order chi connectivity index (χ1) is 18.4. The van der Waals surface area contributed by atoms with Gasteiger partial charge in [-0.3, -0.25) is 14.5 Å². The van der Waals surface area contributed by atoms with E-state index >= 15 is 0 Å². The number of allylic oxidation sites excluding steroid dienone is 1. The molecule has 2 aliphatic heterocycles. The first-order valence-electron chi connectivity index (χ1n) is 12.9. The summed E-state index contributed by atoms with van der Waals surface area (Å²) in [6.07, 6.45) is 0.620. The lowest BCUT2D eigenvalue weighted by molar-refractivity contribution is -0.140. The van der Waals surface area contributed by atoms with Gasteiger partial charge in [-0.15, -0.1) is 0 Å². The number of amides is 1. The molecular formula is C30H32ClN3O5.